The van der Waals surface area contributed by atoms with Crippen molar-refractivity contribution in [2.75, 3.05) is 59.5 Å². The van der Waals surface area contributed by atoms with Crippen molar-refractivity contribution in [3.05, 3.63) is 103 Å². The van der Waals surface area contributed by atoms with Crippen molar-refractivity contribution in [2.45, 2.75) is 40.4 Å². The average Bonchev–Trinajstić information content (AvgIpc) is 3.09. The van der Waals surface area contributed by atoms with E-state index in [-0.39, 0.29) is 10.9 Å². The van der Waals surface area contributed by atoms with Gasteiger partial charge >= 0.3 is 0 Å². The Morgan fingerprint density at radius 2 is 0.833 bits per heavy atom. The van der Waals surface area contributed by atoms with Crippen molar-refractivity contribution in [3.8, 4) is 17.2 Å². The minimum Gasteiger partial charge on any atom is -0.744 e. The zero-order chi connectivity index (χ0) is 34.6. The standard InChI is InChI=1S/C30H39O6S.C6H5FO3S/c1-4-31-19-22-34-25-7-13-28(14-8-25)37(29-15-9-26(10-16-29)35-23-20-32-5-2)30-17-11-27(12-18-30)36-24-21-33-6-3;7-5-1-3-6(4-2-5)11(8,9)10/h7-18H,4-6,19-24H2,1-3H3;1-4H,(H,8,9,10)/q+1;/p-1. The van der Waals surface area contributed by atoms with Gasteiger partial charge in [-0.15, -0.1) is 0 Å². The van der Waals surface area contributed by atoms with E-state index in [0.717, 1.165) is 41.5 Å². The van der Waals surface area contributed by atoms with Crippen LogP contribution in [0.5, 0.6) is 17.2 Å². The molecular formula is C36H43FO9S2. The van der Waals surface area contributed by atoms with Crippen LogP contribution < -0.4 is 14.2 Å². The van der Waals surface area contributed by atoms with E-state index in [4.69, 9.17) is 28.4 Å². The summed E-state index contributed by atoms with van der Waals surface area (Å²) in [5.74, 6) is 1.94. The second kappa shape index (κ2) is 21.3. The third kappa shape index (κ3) is 13.8. The lowest BCUT2D eigenvalue weighted by Gasteiger charge is -2.12. The van der Waals surface area contributed by atoms with Gasteiger partial charge in [-0.2, -0.15) is 0 Å². The minimum atomic E-state index is -4.44. The maximum atomic E-state index is 12.2. The van der Waals surface area contributed by atoms with Crippen LogP contribution in [0.1, 0.15) is 20.8 Å². The molecule has 0 heterocycles. The SMILES string of the molecule is CCOCCOc1ccc([S+](c2ccc(OCCOCC)cc2)c2ccc(OCCOCC)cc2)cc1.O=S(=O)([O-])c1ccc(F)cc1. The first kappa shape index (κ1) is 38.8. The molecule has 260 valence electrons. The van der Waals surface area contributed by atoms with Gasteiger partial charge in [-0.05, 0) is 118 Å². The Hall–Kier alpha value is -3.65. The lowest BCUT2D eigenvalue weighted by atomic mass is 10.3. The number of hydrogen-bond acceptors (Lipinski definition) is 9. The van der Waals surface area contributed by atoms with E-state index in [2.05, 4.69) is 36.4 Å². The van der Waals surface area contributed by atoms with Gasteiger partial charge in [-0.1, -0.05) is 0 Å². The molecule has 48 heavy (non-hydrogen) atoms. The van der Waals surface area contributed by atoms with Gasteiger partial charge in [0, 0.05) is 19.8 Å². The summed E-state index contributed by atoms with van der Waals surface area (Å²) in [6.07, 6.45) is 0. The molecule has 0 aliphatic heterocycles. The van der Waals surface area contributed by atoms with Crippen LogP contribution in [-0.2, 0) is 35.2 Å². The summed E-state index contributed by atoms with van der Waals surface area (Å²) in [4.78, 5) is 3.19. The molecule has 4 rings (SSSR count). The molecule has 0 fully saturated rings. The largest absolute Gasteiger partial charge is 0.744 e. The number of ether oxygens (including phenoxy) is 6. The molecule has 4 aromatic rings. The molecular weight excluding hydrogens is 660 g/mol. The molecule has 12 heteroatoms. The number of benzene rings is 4. The van der Waals surface area contributed by atoms with Gasteiger partial charge in [0.2, 0.25) is 0 Å². The normalized spacial score (nSPS) is 11.1. The molecule has 9 nitrogen and oxygen atoms in total. The van der Waals surface area contributed by atoms with E-state index < -0.39 is 20.8 Å². The highest BCUT2D eigenvalue weighted by Crippen LogP contribution is 2.34. The fourth-order valence-electron chi connectivity index (χ4n) is 4.11. The number of rotatable bonds is 19. The molecule has 0 unspecified atom stereocenters. The molecule has 0 saturated heterocycles. The Labute approximate surface area is 286 Å². The monoisotopic (exact) mass is 702 g/mol. The van der Waals surface area contributed by atoms with E-state index in [1.165, 1.54) is 14.7 Å². The molecule has 0 amide bonds. The zero-order valence-corrected chi connectivity index (χ0v) is 29.1. The van der Waals surface area contributed by atoms with Crippen molar-refractivity contribution in [2.24, 2.45) is 0 Å². The summed E-state index contributed by atoms with van der Waals surface area (Å²) in [6.45, 7) is 11.4. The fraction of sp³-hybridized carbons (Fsp3) is 0.333. The summed E-state index contributed by atoms with van der Waals surface area (Å²) in [7, 11) is -4.74. The maximum Gasteiger partial charge on any atom is 0.166 e. The second-order valence-electron chi connectivity index (χ2n) is 9.76. The van der Waals surface area contributed by atoms with E-state index >= 15 is 0 Å². The predicted octanol–water partition coefficient (Wildman–Crippen LogP) is 6.76. The summed E-state index contributed by atoms with van der Waals surface area (Å²) in [5, 5.41) is 0. The zero-order valence-electron chi connectivity index (χ0n) is 27.5. The maximum absolute atomic E-state index is 12.2. The first-order valence-electron chi connectivity index (χ1n) is 15.6. The molecule has 0 aromatic heterocycles. The van der Waals surface area contributed by atoms with Gasteiger partial charge in [0.25, 0.3) is 0 Å². The Morgan fingerprint density at radius 1 is 0.521 bits per heavy atom. The quantitative estimate of drug-likeness (QED) is 0.0595. The van der Waals surface area contributed by atoms with Gasteiger partial charge in [-0.25, -0.2) is 12.8 Å². The molecule has 0 atom stereocenters. The number of hydrogen-bond donors (Lipinski definition) is 0. The van der Waals surface area contributed by atoms with Crippen molar-refractivity contribution in [1.29, 1.82) is 0 Å². The van der Waals surface area contributed by atoms with Gasteiger partial charge in [0.1, 0.15) is 53.0 Å². The van der Waals surface area contributed by atoms with Gasteiger partial charge in [-0.3, -0.25) is 0 Å². The van der Waals surface area contributed by atoms with E-state index in [1.54, 1.807) is 0 Å². The molecule has 4 aromatic carbocycles. The molecule has 0 N–H and O–H groups in total. The highest BCUT2D eigenvalue weighted by atomic mass is 32.2. The van der Waals surface area contributed by atoms with E-state index in [0.29, 0.717) is 59.5 Å². The fourth-order valence-corrected chi connectivity index (χ4v) is 6.62. The van der Waals surface area contributed by atoms with Crippen LogP contribution in [0.15, 0.2) is 117 Å². The Kier molecular flexibility index (Phi) is 17.3. The first-order chi connectivity index (χ1) is 23.2. The highest BCUT2D eigenvalue weighted by molar-refractivity contribution is 7.97. The average molecular weight is 703 g/mol. The van der Waals surface area contributed by atoms with Crippen LogP contribution in [0.3, 0.4) is 0 Å². The molecule has 0 bridgehead atoms. The van der Waals surface area contributed by atoms with Gasteiger partial charge in [0.15, 0.2) is 14.7 Å². The summed E-state index contributed by atoms with van der Waals surface area (Å²) < 4.78 is 76.5. The molecule has 0 aliphatic carbocycles. The van der Waals surface area contributed by atoms with Crippen LogP contribution >= 0.6 is 0 Å². The minimum absolute atomic E-state index is 0.306. The van der Waals surface area contributed by atoms with Crippen LogP contribution in [-0.4, -0.2) is 72.4 Å². The van der Waals surface area contributed by atoms with Crippen molar-refractivity contribution < 1.29 is 45.8 Å². The van der Waals surface area contributed by atoms with Crippen molar-refractivity contribution in [3.63, 3.8) is 0 Å². The third-order valence-electron chi connectivity index (χ3n) is 6.38. The first-order valence-corrected chi connectivity index (χ1v) is 18.3. The van der Waals surface area contributed by atoms with Crippen molar-refractivity contribution in [1.82, 2.24) is 0 Å². The molecule has 0 spiro atoms. The van der Waals surface area contributed by atoms with E-state index in [1.807, 2.05) is 57.2 Å². The van der Waals surface area contributed by atoms with Crippen LogP contribution in [0.4, 0.5) is 4.39 Å². The van der Waals surface area contributed by atoms with Crippen LogP contribution in [0.25, 0.3) is 0 Å². The topological polar surface area (TPSA) is 113 Å². The molecule has 0 radical (unpaired) electrons. The Balaban J connectivity index is 0.000000480. The third-order valence-corrected chi connectivity index (χ3v) is 9.46. The highest BCUT2D eigenvalue weighted by Gasteiger charge is 2.29. The smallest absolute Gasteiger partial charge is 0.166 e. The van der Waals surface area contributed by atoms with Gasteiger partial charge < -0.3 is 33.0 Å². The molecule has 0 aliphatic rings. The lowest BCUT2D eigenvalue weighted by molar-refractivity contribution is 0.110. The van der Waals surface area contributed by atoms with Crippen molar-refractivity contribution >= 4 is 21.0 Å². The predicted molar refractivity (Wildman–Crippen MR) is 182 cm³/mol. The van der Waals surface area contributed by atoms with Crippen LogP contribution in [0.2, 0.25) is 0 Å². The van der Waals surface area contributed by atoms with E-state index in [9.17, 15) is 17.4 Å². The van der Waals surface area contributed by atoms with Crippen LogP contribution in [0, 0.1) is 5.82 Å². The molecule has 0 saturated carbocycles. The lowest BCUT2D eigenvalue weighted by Crippen LogP contribution is -2.08. The Bertz CT molecular complexity index is 1420. The summed E-state index contributed by atoms with van der Waals surface area (Å²) in [6, 6.07) is 28.7. The Morgan fingerprint density at radius 3 is 1.10 bits per heavy atom. The second-order valence-corrected chi connectivity index (χ2v) is 13.2. The summed E-state index contributed by atoms with van der Waals surface area (Å²) in [5.41, 5.74) is 0. The summed E-state index contributed by atoms with van der Waals surface area (Å²) >= 11 is 0. The number of halogens is 1. The van der Waals surface area contributed by atoms with Gasteiger partial charge in [0.05, 0.1) is 35.6 Å².